The van der Waals surface area contributed by atoms with Crippen molar-refractivity contribution >= 4 is 85.5 Å². The second-order valence-corrected chi connectivity index (χ2v) is 10.3. The molecular formula is C28H22N6O7P2V2. The van der Waals surface area contributed by atoms with Gasteiger partial charge in [-0.1, -0.05) is 18.2 Å². The second-order valence-electron chi connectivity index (χ2n) is 8.42. The number of nitrogens with zero attached hydrogens (tertiary/aromatic N) is 2. The van der Waals surface area contributed by atoms with E-state index in [4.69, 9.17) is 15.9 Å². The van der Waals surface area contributed by atoms with Crippen LogP contribution in [0.25, 0.3) is 66.8 Å². The van der Waals surface area contributed by atoms with Crippen molar-refractivity contribution in [2.45, 2.75) is 0 Å². The van der Waals surface area contributed by atoms with Gasteiger partial charge in [-0.05, 0) is 47.5 Å². The molecule has 226 valence electrons. The fourth-order valence-corrected chi connectivity index (χ4v) is 4.89. The Bertz CT molecular complexity index is 1930. The van der Waals surface area contributed by atoms with Gasteiger partial charge in [0, 0.05) is 16.3 Å². The molecule has 0 spiro atoms. The Morgan fingerprint density at radius 1 is 0.778 bits per heavy atom. The standard InChI is InChI=1S/C24H14N4O3P2.2C2H5NO2.2V/c29-11-32-23-25-10-20(28-23)15-2-5-17-16-4-1-14(8-21(16)31-22(17)9-15)13-3-6-18-19(7-13)27-24(26-18)33-12-30;2*1-5-2(3)4;;/h1-10,32-33H,(H,25,28)(H,26,27);2*1H3,(H2,3,4);;/q-2;;;2*+2/p-2. The van der Waals surface area contributed by atoms with Gasteiger partial charge in [-0.3, -0.25) is 9.59 Å². The summed E-state index contributed by atoms with van der Waals surface area (Å²) in [4.78, 5) is 54.8. The third-order valence-electron chi connectivity index (χ3n) is 5.89. The van der Waals surface area contributed by atoms with Crippen molar-refractivity contribution in [2.75, 3.05) is 14.2 Å². The van der Waals surface area contributed by atoms with Crippen LogP contribution >= 0.6 is 17.2 Å². The molecule has 0 aliphatic rings. The van der Waals surface area contributed by atoms with E-state index in [-0.39, 0.29) is 54.3 Å². The van der Waals surface area contributed by atoms with Gasteiger partial charge >= 0.3 is 37.1 Å². The van der Waals surface area contributed by atoms with Crippen molar-refractivity contribution in [1.82, 2.24) is 19.9 Å². The molecule has 3 aromatic heterocycles. The first-order chi connectivity index (χ1) is 20.8. The van der Waals surface area contributed by atoms with Gasteiger partial charge in [0.05, 0.1) is 48.3 Å². The molecule has 2 unspecified atom stereocenters. The number of rotatable bonds is 6. The van der Waals surface area contributed by atoms with Crippen molar-refractivity contribution in [3.8, 4) is 22.4 Å². The molecule has 0 saturated heterocycles. The van der Waals surface area contributed by atoms with Crippen molar-refractivity contribution in [2.24, 2.45) is 0 Å². The van der Waals surface area contributed by atoms with Crippen LogP contribution in [-0.4, -0.2) is 58.4 Å². The summed E-state index contributed by atoms with van der Waals surface area (Å²) in [6.45, 7) is 0. The molecule has 6 aromatic rings. The molecule has 45 heavy (non-hydrogen) atoms. The number of carbonyl (C=O) groups excluding carboxylic acids is 4. The number of furan rings is 1. The number of amides is 2. The molecule has 2 atom stereocenters. The zero-order valence-corrected chi connectivity index (χ0v) is 28.2. The fourth-order valence-electron chi connectivity index (χ4n) is 4.00. The number of hydrogen-bond acceptors (Lipinski definition) is 9. The van der Waals surface area contributed by atoms with E-state index < -0.39 is 12.2 Å². The average Bonchev–Trinajstić information content (AvgIpc) is 3.73. The quantitative estimate of drug-likeness (QED) is 0.156. The maximum absolute atomic E-state index is 10.7. The van der Waals surface area contributed by atoms with Gasteiger partial charge in [-0.2, -0.15) is 17.2 Å². The number of benzene rings is 3. The molecule has 0 aliphatic heterocycles. The summed E-state index contributed by atoms with van der Waals surface area (Å²) in [6, 6.07) is 21.9. The number of ether oxygens (including phenoxy) is 2. The number of H-pyrrole nitrogens is 2. The SMILES string of the molecule is COC([NH-])=O.COC([NH-])=O.O=[C-]Pc1ncc(-c2ccc3c(c2)oc2cc(-c4ccc5nc(P[C-]=O)[nH]c5c4)ccc23)[nH]1.[V+2].[V+2]. The average molecular weight is 718 g/mol. The number of hydrogen-bond donors (Lipinski definition) is 2. The van der Waals surface area contributed by atoms with E-state index >= 15 is 0 Å². The minimum absolute atomic E-state index is 0. The number of aromatic amines is 2. The summed E-state index contributed by atoms with van der Waals surface area (Å²) in [5, 5.41) is 2.07. The molecule has 0 fully saturated rings. The van der Waals surface area contributed by atoms with Crippen LogP contribution in [-0.2, 0) is 56.2 Å². The zero-order chi connectivity index (χ0) is 30.9. The first kappa shape index (κ1) is 37.2. The van der Waals surface area contributed by atoms with E-state index in [1.165, 1.54) is 0 Å². The minimum atomic E-state index is -0.995. The fraction of sp³-hybridized carbons (Fsp3) is 0.0714. The summed E-state index contributed by atoms with van der Waals surface area (Å²) >= 11 is 0. The third-order valence-corrected chi connectivity index (χ3v) is 7.05. The maximum atomic E-state index is 10.7. The Kier molecular flexibility index (Phi) is 14.5. The maximum Gasteiger partial charge on any atom is 2.00 e. The van der Waals surface area contributed by atoms with Crippen molar-refractivity contribution in [3.05, 3.63) is 72.3 Å². The molecule has 6 rings (SSSR count). The van der Waals surface area contributed by atoms with Crippen LogP contribution < -0.4 is 11.1 Å². The Morgan fingerprint density at radius 2 is 1.29 bits per heavy atom. The molecular weight excluding hydrogens is 696 g/mol. The van der Waals surface area contributed by atoms with Gasteiger partial charge < -0.3 is 44.9 Å². The van der Waals surface area contributed by atoms with E-state index in [1.807, 2.05) is 54.5 Å². The number of fused-ring (bicyclic) bond motifs is 4. The molecule has 0 saturated carbocycles. The number of methoxy groups -OCH3 is 2. The monoisotopic (exact) mass is 718 g/mol. The predicted octanol–water partition coefficient (Wildman–Crippen LogP) is 5.87. The van der Waals surface area contributed by atoms with Crippen LogP contribution in [0.2, 0.25) is 0 Å². The van der Waals surface area contributed by atoms with E-state index in [0.29, 0.717) is 11.1 Å². The van der Waals surface area contributed by atoms with Crippen molar-refractivity contribution in [3.63, 3.8) is 0 Å². The summed E-state index contributed by atoms with van der Waals surface area (Å²) in [5.41, 5.74) is 20.3. The van der Waals surface area contributed by atoms with Gasteiger partial charge in [0.15, 0.2) is 0 Å². The van der Waals surface area contributed by atoms with Crippen LogP contribution in [0.4, 0.5) is 9.59 Å². The molecule has 4 N–H and O–H groups in total. The van der Waals surface area contributed by atoms with Crippen LogP contribution in [0.1, 0.15) is 0 Å². The van der Waals surface area contributed by atoms with Crippen LogP contribution in [0, 0.1) is 0 Å². The van der Waals surface area contributed by atoms with E-state index in [0.717, 1.165) is 69.6 Å². The molecule has 0 bridgehead atoms. The number of carbonyl (C=O) groups is 2. The molecule has 2 radical (unpaired) electrons. The number of nitrogens with one attached hydrogen (secondary N) is 4. The van der Waals surface area contributed by atoms with E-state index in [9.17, 15) is 19.2 Å². The number of imidazole rings is 2. The Hall–Kier alpha value is -3.95. The van der Waals surface area contributed by atoms with Crippen LogP contribution in [0.15, 0.2) is 65.2 Å². The topological polar surface area (TPSA) is 205 Å². The first-order valence-corrected chi connectivity index (χ1v) is 14.1. The normalized spacial score (nSPS) is 10.4. The number of aromatic nitrogens is 4. The largest absolute Gasteiger partial charge is 2.00 e. The van der Waals surface area contributed by atoms with Gasteiger partial charge in [0.1, 0.15) is 11.2 Å². The molecule has 2 amide bonds. The van der Waals surface area contributed by atoms with Crippen molar-refractivity contribution in [1.29, 1.82) is 0 Å². The Labute approximate surface area is 283 Å². The smallest absolute Gasteiger partial charge is 0.632 e. The van der Waals surface area contributed by atoms with E-state index in [1.54, 1.807) is 6.20 Å². The molecule has 3 heterocycles. The summed E-state index contributed by atoms with van der Waals surface area (Å²) in [6.07, 6.45) is -0.276. The summed E-state index contributed by atoms with van der Waals surface area (Å²) in [7, 11) is 2.11. The van der Waals surface area contributed by atoms with Gasteiger partial charge in [-0.15, -0.1) is 0 Å². The van der Waals surface area contributed by atoms with E-state index in [2.05, 4.69) is 41.5 Å². The third kappa shape index (κ3) is 9.52. The van der Waals surface area contributed by atoms with Gasteiger partial charge in [-0.25, -0.2) is 22.0 Å². The second kappa shape index (κ2) is 17.5. The van der Waals surface area contributed by atoms with Gasteiger partial charge in [0.25, 0.3) is 0 Å². The summed E-state index contributed by atoms with van der Waals surface area (Å²) < 4.78 is 13.8. The zero-order valence-electron chi connectivity index (χ0n) is 23.4. The van der Waals surface area contributed by atoms with Gasteiger partial charge in [0.2, 0.25) is 12.2 Å². The Morgan fingerprint density at radius 3 is 1.87 bits per heavy atom. The van der Waals surface area contributed by atoms with Crippen LogP contribution in [0.3, 0.4) is 0 Å². The first-order valence-electron chi connectivity index (χ1n) is 12.1. The summed E-state index contributed by atoms with van der Waals surface area (Å²) in [5.74, 6) is 0. The molecule has 3 aromatic carbocycles. The molecule has 13 nitrogen and oxygen atoms in total. The molecule has 17 heteroatoms. The minimum Gasteiger partial charge on any atom is -0.632 e. The Balaban J connectivity index is 0.000000516. The van der Waals surface area contributed by atoms with Crippen molar-refractivity contribution < 1.29 is 70.2 Å². The van der Waals surface area contributed by atoms with Crippen LogP contribution in [0.5, 0.6) is 0 Å². The molecule has 0 aliphatic carbocycles. The predicted molar refractivity (Wildman–Crippen MR) is 167 cm³/mol.